The van der Waals surface area contributed by atoms with Crippen LogP contribution in [-0.4, -0.2) is 59.8 Å². The molecule has 0 saturated carbocycles. The number of nitrogens with two attached hydrogens (primary N) is 1. The van der Waals surface area contributed by atoms with E-state index in [1.165, 1.54) is 5.57 Å². The number of nitrogen functional groups attached to an aromatic ring is 1. The summed E-state index contributed by atoms with van der Waals surface area (Å²) in [4.78, 5) is 46.0. The highest BCUT2D eigenvalue weighted by atomic mass is 16.6. The molecule has 0 aromatic heterocycles. The van der Waals surface area contributed by atoms with Crippen LogP contribution in [0.5, 0.6) is 0 Å². The Kier molecular flexibility index (Phi) is 9.89. The predicted molar refractivity (Wildman–Crippen MR) is 165 cm³/mol. The Bertz CT molecular complexity index is 1460. The molecule has 10 nitrogen and oxygen atoms in total. The highest BCUT2D eigenvalue weighted by Gasteiger charge is 2.22. The molecule has 0 unspecified atom stereocenters. The molecular weight excluding hydrogens is 546 g/mol. The first-order valence-corrected chi connectivity index (χ1v) is 14.7. The minimum absolute atomic E-state index is 0.0695. The van der Waals surface area contributed by atoms with Gasteiger partial charge in [0, 0.05) is 44.6 Å². The van der Waals surface area contributed by atoms with E-state index >= 15 is 0 Å². The van der Waals surface area contributed by atoms with Gasteiger partial charge >= 0.3 is 6.03 Å². The summed E-state index contributed by atoms with van der Waals surface area (Å²) >= 11 is 0. The summed E-state index contributed by atoms with van der Waals surface area (Å²) < 4.78 is 11.5. The van der Waals surface area contributed by atoms with Gasteiger partial charge < -0.3 is 30.3 Å². The molecule has 2 aromatic rings. The fourth-order valence-electron chi connectivity index (χ4n) is 5.17. The van der Waals surface area contributed by atoms with Gasteiger partial charge in [0.2, 0.25) is 11.8 Å². The van der Waals surface area contributed by atoms with E-state index in [0.717, 1.165) is 31.4 Å². The van der Waals surface area contributed by atoms with Gasteiger partial charge in [-0.15, -0.1) is 0 Å². The van der Waals surface area contributed by atoms with Gasteiger partial charge in [0.05, 0.1) is 11.4 Å². The molecule has 10 heteroatoms. The van der Waals surface area contributed by atoms with Crippen molar-refractivity contribution in [3.63, 3.8) is 0 Å². The summed E-state index contributed by atoms with van der Waals surface area (Å²) in [5, 5.41) is 2.82. The van der Waals surface area contributed by atoms with Crippen molar-refractivity contribution in [2.24, 2.45) is 4.99 Å². The topological polar surface area (TPSA) is 127 Å². The molecule has 0 bridgehead atoms. The number of rotatable bonds is 10. The van der Waals surface area contributed by atoms with E-state index in [9.17, 15) is 14.4 Å². The Morgan fingerprint density at radius 2 is 1.93 bits per heavy atom. The first kappa shape index (κ1) is 29.6. The van der Waals surface area contributed by atoms with E-state index in [1.807, 2.05) is 23.1 Å². The number of allylic oxidation sites excluding steroid dienone is 4. The smallest absolute Gasteiger partial charge is 0.346 e. The van der Waals surface area contributed by atoms with Crippen LogP contribution >= 0.6 is 0 Å². The second-order valence-corrected chi connectivity index (χ2v) is 10.8. The summed E-state index contributed by atoms with van der Waals surface area (Å²) in [5.74, 6) is 0.697. The molecule has 0 radical (unpaired) electrons. The van der Waals surface area contributed by atoms with Crippen LogP contribution in [0.4, 0.5) is 16.2 Å². The van der Waals surface area contributed by atoms with Gasteiger partial charge in [-0.2, -0.15) is 4.99 Å². The predicted octanol–water partition coefficient (Wildman–Crippen LogP) is 5.41. The molecule has 1 saturated heterocycles. The van der Waals surface area contributed by atoms with E-state index in [0.29, 0.717) is 55.0 Å². The van der Waals surface area contributed by atoms with Crippen LogP contribution in [0.2, 0.25) is 0 Å². The second-order valence-electron chi connectivity index (χ2n) is 10.8. The molecule has 5 rings (SSSR count). The molecule has 1 fully saturated rings. The van der Waals surface area contributed by atoms with E-state index in [4.69, 9.17) is 15.2 Å². The standard InChI is InChI=1S/C33H37N5O5/c34-28-10-4-5-11-29(28)35-32(40)26-15-13-25(14-16-26)21-38(19-7-18-37-17-6-12-31(37)39)33(41)36-30-23-42-22-27(43-30)20-24-8-2-1-3-9-24/h1-2,4-5,8,10-11,13-16,22H,3,6-7,9,12,17-21,23,34H2,(H,35,40). The minimum Gasteiger partial charge on any atom is -0.488 e. The number of para-hydroxylation sites is 2. The Morgan fingerprint density at radius 1 is 1.09 bits per heavy atom. The Labute approximate surface area is 251 Å². The van der Waals surface area contributed by atoms with Crippen LogP contribution in [-0.2, 0) is 20.8 Å². The third kappa shape index (κ3) is 8.34. The van der Waals surface area contributed by atoms with Crippen LogP contribution in [0.1, 0.15) is 54.4 Å². The van der Waals surface area contributed by atoms with Crippen LogP contribution < -0.4 is 11.1 Å². The fraction of sp³-hybridized carbons (Fsp3) is 0.333. The molecule has 0 atom stereocenters. The zero-order valence-corrected chi connectivity index (χ0v) is 24.2. The highest BCUT2D eigenvalue weighted by Crippen LogP contribution is 2.23. The summed E-state index contributed by atoms with van der Waals surface area (Å²) in [6, 6.07) is 13.7. The number of anilines is 2. The average molecular weight is 584 g/mol. The molecule has 4 amide bonds. The molecule has 2 aliphatic heterocycles. The lowest BCUT2D eigenvalue weighted by Crippen LogP contribution is -2.34. The number of urea groups is 1. The zero-order valence-electron chi connectivity index (χ0n) is 24.2. The number of carbonyl (C=O) groups is 3. The lowest BCUT2D eigenvalue weighted by Gasteiger charge is -2.24. The molecule has 2 heterocycles. The number of ether oxygens (including phenoxy) is 2. The van der Waals surface area contributed by atoms with E-state index in [2.05, 4.69) is 22.5 Å². The Hall–Kier alpha value is -4.86. The van der Waals surface area contributed by atoms with Crippen molar-refractivity contribution < 1.29 is 23.9 Å². The van der Waals surface area contributed by atoms with Crippen molar-refractivity contribution >= 4 is 35.1 Å². The van der Waals surface area contributed by atoms with Crippen molar-refractivity contribution in [2.45, 2.75) is 45.1 Å². The van der Waals surface area contributed by atoms with Crippen LogP contribution in [0.3, 0.4) is 0 Å². The molecule has 1 aliphatic carbocycles. The Balaban J connectivity index is 1.24. The fourth-order valence-corrected chi connectivity index (χ4v) is 5.17. The van der Waals surface area contributed by atoms with Crippen LogP contribution in [0, 0.1) is 0 Å². The lowest BCUT2D eigenvalue weighted by atomic mass is 10.0. The average Bonchev–Trinajstić information content (AvgIpc) is 3.43. The van der Waals surface area contributed by atoms with E-state index < -0.39 is 6.03 Å². The molecule has 224 valence electrons. The summed E-state index contributed by atoms with van der Waals surface area (Å²) in [7, 11) is 0. The van der Waals surface area contributed by atoms with Gasteiger partial charge in [-0.05, 0) is 55.5 Å². The number of nitrogens with zero attached hydrogens (tertiary/aromatic N) is 3. The molecule has 2 aromatic carbocycles. The van der Waals surface area contributed by atoms with Gasteiger partial charge in [-0.25, -0.2) is 4.79 Å². The molecule has 43 heavy (non-hydrogen) atoms. The zero-order chi connectivity index (χ0) is 30.0. The van der Waals surface area contributed by atoms with Crippen LogP contribution in [0.25, 0.3) is 0 Å². The number of hydrogen-bond donors (Lipinski definition) is 2. The quantitative estimate of drug-likeness (QED) is 0.360. The minimum atomic E-state index is -0.450. The van der Waals surface area contributed by atoms with Crippen molar-refractivity contribution in [1.82, 2.24) is 9.80 Å². The number of carbonyl (C=O) groups excluding carboxylic acids is 3. The number of aliphatic imine (C=N–C) groups is 1. The number of benzene rings is 2. The van der Waals surface area contributed by atoms with Gasteiger partial charge in [-0.1, -0.05) is 48.1 Å². The first-order valence-electron chi connectivity index (χ1n) is 14.7. The molecule has 3 N–H and O–H groups in total. The third-order valence-corrected chi connectivity index (χ3v) is 7.49. The van der Waals surface area contributed by atoms with Gasteiger partial charge in [-0.3, -0.25) is 9.59 Å². The molecular formula is C33H37N5O5. The van der Waals surface area contributed by atoms with E-state index in [-0.39, 0.29) is 30.9 Å². The normalized spacial score (nSPS) is 17.2. The van der Waals surface area contributed by atoms with Crippen molar-refractivity contribution in [1.29, 1.82) is 0 Å². The largest absolute Gasteiger partial charge is 0.488 e. The number of nitrogens with one attached hydrogen (secondary N) is 1. The van der Waals surface area contributed by atoms with Crippen molar-refractivity contribution in [2.75, 3.05) is 37.3 Å². The number of hydrogen-bond acceptors (Lipinski definition) is 6. The van der Waals surface area contributed by atoms with Gasteiger partial charge in [0.15, 0.2) is 6.61 Å². The number of amides is 4. The monoisotopic (exact) mass is 583 g/mol. The Morgan fingerprint density at radius 3 is 2.67 bits per heavy atom. The number of likely N-dealkylation sites (tertiary alicyclic amines) is 1. The highest BCUT2D eigenvalue weighted by molar-refractivity contribution is 6.05. The summed E-state index contributed by atoms with van der Waals surface area (Å²) in [6.07, 6.45) is 12.4. The molecule has 3 aliphatic rings. The van der Waals surface area contributed by atoms with Crippen LogP contribution in [0.15, 0.2) is 89.3 Å². The maximum atomic E-state index is 13.4. The third-order valence-electron chi connectivity index (χ3n) is 7.49. The molecule has 0 spiro atoms. The van der Waals surface area contributed by atoms with E-state index in [1.54, 1.807) is 47.6 Å². The first-order chi connectivity index (χ1) is 20.9. The van der Waals surface area contributed by atoms with Crippen molar-refractivity contribution in [3.05, 3.63) is 95.5 Å². The summed E-state index contributed by atoms with van der Waals surface area (Å²) in [6.45, 7) is 2.08. The van der Waals surface area contributed by atoms with Gasteiger partial charge in [0.1, 0.15) is 12.0 Å². The second kappa shape index (κ2) is 14.4. The summed E-state index contributed by atoms with van der Waals surface area (Å²) in [5.41, 5.74) is 9.51. The van der Waals surface area contributed by atoms with Crippen molar-refractivity contribution in [3.8, 4) is 0 Å². The maximum absolute atomic E-state index is 13.4. The lowest BCUT2D eigenvalue weighted by molar-refractivity contribution is -0.127. The maximum Gasteiger partial charge on any atom is 0.346 e. The SMILES string of the molecule is Nc1ccccc1NC(=O)c1ccc(CN(CCCN2CCCC2=O)C(=O)N=C2COC=C(CC3=CC=CCC3)O2)cc1. The van der Waals surface area contributed by atoms with Gasteiger partial charge in [0.25, 0.3) is 5.91 Å².